The minimum Gasteiger partial charge on any atom is -0.366 e. The maximum absolute atomic E-state index is 13.6. The Morgan fingerprint density at radius 1 is 0.958 bits per heavy atom. The molecule has 2 rings (SSSR count). The first kappa shape index (κ1) is 17.3. The summed E-state index contributed by atoms with van der Waals surface area (Å²) in [6.07, 6.45) is 0. The summed E-state index contributed by atoms with van der Waals surface area (Å²) in [7, 11) is 0. The zero-order valence-corrected chi connectivity index (χ0v) is 12.5. The third-order valence-corrected chi connectivity index (χ3v) is 3.67. The van der Waals surface area contributed by atoms with Crippen molar-refractivity contribution in [2.75, 3.05) is 10.6 Å². The second-order valence-electron chi connectivity index (χ2n) is 4.41. The molecule has 0 unspecified atom stereocenters. The van der Waals surface area contributed by atoms with Gasteiger partial charge in [-0.2, -0.15) is 0 Å². The van der Waals surface area contributed by atoms with Crippen LogP contribution in [-0.2, 0) is 0 Å². The van der Waals surface area contributed by atoms with Gasteiger partial charge in [0, 0.05) is 6.07 Å². The number of nitrogens with two attached hydrogens (primary N) is 2. The lowest BCUT2D eigenvalue weighted by Crippen LogP contribution is -2.21. The number of benzene rings is 1. The average Bonchev–Trinajstić information content (AvgIpc) is 2.84. The predicted molar refractivity (Wildman–Crippen MR) is 80.3 cm³/mol. The number of hydrogen-bond acceptors (Lipinski definition) is 4. The van der Waals surface area contributed by atoms with E-state index in [9.17, 15) is 27.6 Å². The number of carbonyl (C=O) groups excluding carboxylic acids is 3. The van der Waals surface area contributed by atoms with Gasteiger partial charge in [-0.1, -0.05) is 11.3 Å². The molecule has 0 spiro atoms. The molecule has 0 atom stereocenters. The van der Waals surface area contributed by atoms with E-state index in [1.54, 1.807) is 0 Å². The van der Waals surface area contributed by atoms with Gasteiger partial charge < -0.3 is 16.8 Å². The van der Waals surface area contributed by atoms with Gasteiger partial charge in [0.15, 0.2) is 11.6 Å². The molecule has 6 N–H and O–H groups in total. The molecule has 126 valence electrons. The van der Waals surface area contributed by atoms with Crippen LogP contribution >= 0.6 is 11.3 Å². The number of primary amides is 2. The number of nitrogens with one attached hydrogen (secondary N) is 2. The highest BCUT2D eigenvalue weighted by Crippen LogP contribution is 2.32. The van der Waals surface area contributed by atoms with Crippen molar-refractivity contribution < 1.29 is 27.6 Å². The summed E-state index contributed by atoms with van der Waals surface area (Å²) in [4.78, 5) is 34.1. The van der Waals surface area contributed by atoms with E-state index in [1.807, 2.05) is 0 Å². The molecule has 0 aliphatic heterocycles. The molecule has 7 nitrogen and oxygen atoms in total. The molecule has 0 aliphatic rings. The fourth-order valence-electron chi connectivity index (χ4n) is 1.74. The first-order valence-corrected chi connectivity index (χ1v) is 6.96. The summed E-state index contributed by atoms with van der Waals surface area (Å²) in [5.74, 6) is -6.28. The molecule has 11 heteroatoms. The summed E-state index contributed by atoms with van der Waals surface area (Å²) < 4.78 is 39.8. The van der Waals surface area contributed by atoms with Crippen LogP contribution < -0.4 is 22.1 Å². The van der Waals surface area contributed by atoms with Gasteiger partial charge in [0.2, 0.25) is 0 Å². The van der Waals surface area contributed by atoms with Gasteiger partial charge in [-0.05, 0) is 12.1 Å². The van der Waals surface area contributed by atoms with Crippen LogP contribution in [0.25, 0.3) is 0 Å². The molecule has 2 aromatic rings. The smallest absolute Gasteiger partial charge is 0.317 e. The predicted octanol–water partition coefficient (Wildman–Crippen LogP) is 2.01. The van der Waals surface area contributed by atoms with E-state index in [0.717, 1.165) is 6.07 Å². The maximum Gasteiger partial charge on any atom is 0.317 e. The van der Waals surface area contributed by atoms with Gasteiger partial charge in [0.25, 0.3) is 11.8 Å². The van der Waals surface area contributed by atoms with E-state index in [2.05, 4.69) is 10.6 Å². The van der Waals surface area contributed by atoms with Crippen LogP contribution in [0.4, 0.5) is 28.0 Å². The zero-order valence-electron chi connectivity index (χ0n) is 11.7. The Hall–Kier alpha value is -3.08. The Kier molecular flexibility index (Phi) is 4.74. The Morgan fingerprint density at radius 2 is 1.62 bits per heavy atom. The van der Waals surface area contributed by atoms with Gasteiger partial charge in [0.1, 0.15) is 10.8 Å². The average molecular weight is 358 g/mol. The standard InChI is InChI=1S/C13H9F3N4O3S/c14-4-1-5(9(16)7(15)2-4)11(22)19-8-3-6(10(17)21)12(24-8)20-13(18)23/h1-3H,(H2,17,21)(H,19,22)(H3,18,20,23). The number of thiophene rings is 1. The Bertz CT molecular complexity index is 853. The molecule has 0 fully saturated rings. The Labute approximate surface area is 136 Å². The van der Waals surface area contributed by atoms with E-state index in [-0.39, 0.29) is 21.6 Å². The van der Waals surface area contributed by atoms with E-state index >= 15 is 0 Å². The van der Waals surface area contributed by atoms with Crippen molar-refractivity contribution in [3.63, 3.8) is 0 Å². The lowest BCUT2D eigenvalue weighted by molar-refractivity contribution is 0.0996. The van der Waals surface area contributed by atoms with E-state index in [1.165, 1.54) is 0 Å². The lowest BCUT2D eigenvalue weighted by atomic mass is 10.2. The number of urea groups is 1. The summed E-state index contributed by atoms with van der Waals surface area (Å²) in [5, 5.41) is 4.21. The van der Waals surface area contributed by atoms with Crippen molar-refractivity contribution in [2.24, 2.45) is 11.5 Å². The van der Waals surface area contributed by atoms with Gasteiger partial charge in [0.05, 0.1) is 16.1 Å². The van der Waals surface area contributed by atoms with Crippen LogP contribution in [-0.4, -0.2) is 17.8 Å². The Balaban J connectivity index is 2.33. The van der Waals surface area contributed by atoms with Crippen LogP contribution in [0.1, 0.15) is 20.7 Å². The van der Waals surface area contributed by atoms with E-state index < -0.39 is 40.9 Å². The highest BCUT2D eigenvalue weighted by atomic mass is 32.1. The van der Waals surface area contributed by atoms with Crippen LogP contribution in [0, 0.1) is 17.5 Å². The van der Waals surface area contributed by atoms with E-state index in [0.29, 0.717) is 17.4 Å². The number of anilines is 2. The molecule has 0 radical (unpaired) electrons. The summed E-state index contributed by atoms with van der Waals surface area (Å²) >= 11 is 0.699. The number of amides is 4. The van der Waals surface area contributed by atoms with Crippen molar-refractivity contribution >= 4 is 39.2 Å². The molecule has 1 heterocycles. The highest BCUT2D eigenvalue weighted by molar-refractivity contribution is 7.20. The largest absolute Gasteiger partial charge is 0.366 e. The minimum atomic E-state index is -1.53. The van der Waals surface area contributed by atoms with Crippen LogP contribution in [0.5, 0.6) is 0 Å². The van der Waals surface area contributed by atoms with Crippen molar-refractivity contribution in [3.8, 4) is 0 Å². The van der Waals surface area contributed by atoms with Gasteiger partial charge >= 0.3 is 6.03 Å². The van der Waals surface area contributed by atoms with Crippen molar-refractivity contribution in [1.29, 1.82) is 0 Å². The lowest BCUT2D eigenvalue weighted by Gasteiger charge is -2.05. The van der Waals surface area contributed by atoms with Crippen LogP contribution in [0.2, 0.25) is 0 Å². The monoisotopic (exact) mass is 358 g/mol. The molecular formula is C13H9F3N4O3S. The molecule has 24 heavy (non-hydrogen) atoms. The Morgan fingerprint density at radius 3 is 2.21 bits per heavy atom. The quantitative estimate of drug-likeness (QED) is 0.624. The van der Waals surface area contributed by atoms with Crippen molar-refractivity contribution in [1.82, 2.24) is 0 Å². The summed E-state index contributed by atoms with van der Waals surface area (Å²) in [6.45, 7) is 0. The van der Waals surface area contributed by atoms with Crippen molar-refractivity contribution in [2.45, 2.75) is 0 Å². The number of hydrogen-bond donors (Lipinski definition) is 4. The minimum absolute atomic E-state index is 0.0263. The second kappa shape index (κ2) is 6.58. The third kappa shape index (κ3) is 3.63. The second-order valence-corrected chi connectivity index (χ2v) is 5.46. The van der Waals surface area contributed by atoms with E-state index in [4.69, 9.17) is 11.5 Å². The SMILES string of the molecule is NC(=O)Nc1sc(NC(=O)c2cc(F)cc(F)c2F)cc1C(N)=O. The van der Waals surface area contributed by atoms with Gasteiger partial charge in [-0.15, -0.1) is 0 Å². The normalized spacial score (nSPS) is 10.3. The summed E-state index contributed by atoms with van der Waals surface area (Å²) in [6, 6.07) is 0.926. The van der Waals surface area contributed by atoms with Gasteiger partial charge in [-0.25, -0.2) is 18.0 Å². The number of halogens is 3. The first-order chi connectivity index (χ1) is 11.2. The van der Waals surface area contributed by atoms with Crippen LogP contribution in [0.3, 0.4) is 0 Å². The molecule has 0 bridgehead atoms. The third-order valence-electron chi connectivity index (χ3n) is 2.71. The number of rotatable bonds is 4. The van der Waals surface area contributed by atoms with Gasteiger partial charge in [-0.3, -0.25) is 14.9 Å². The molecule has 0 saturated carbocycles. The first-order valence-electron chi connectivity index (χ1n) is 6.15. The molecule has 0 saturated heterocycles. The fraction of sp³-hybridized carbons (Fsp3) is 0. The van der Waals surface area contributed by atoms with Crippen LogP contribution in [0.15, 0.2) is 18.2 Å². The molecule has 4 amide bonds. The zero-order chi connectivity index (χ0) is 18.0. The molecule has 1 aromatic heterocycles. The fourth-order valence-corrected chi connectivity index (χ4v) is 2.70. The topological polar surface area (TPSA) is 127 Å². The molecular weight excluding hydrogens is 349 g/mol. The van der Waals surface area contributed by atoms with Crippen molar-refractivity contribution in [3.05, 3.63) is 46.8 Å². The number of carbonyl (C=O) groups is 3. The summed E-state index contributed by atoms with van der Waals surface area (Å²) in [5.41, 5.74) is 9.02. The molecule has 1 aromatic carbocycles. The molecule has 0 aliphatic carbocycles. The maximum atomic E-state index is 13.6. The highest BCUT2D eigenvalue weighted by Gasteiger charge is 2.20.